The fraction of sp³-hybridized carbons (Fsp3) is 0.409. The number of esters is 1. The number of carbonyl (C=O) groups is 1. The van der Waals surface area contributed by atoms with Crippen LogP contribution in [0.5, 0.6) is 5.75 Å². The van der Waals surface area contributed by atoms with E-state index in [4.69, 9.17) is 4.74 Å². The Morgan fingerprint density at radius 3 is 2.58 bits per heavy atom. The largest absolute Gasteiger partial charge is 0.427 e. The second-order valence-corrected chi connectivity index (χ2v) is 6.93. The molecule has 0 saturated heterocycles. The molecule has 2 aromatic carbocycles. The summed E-state index contributed by atoms with van der Waals surface area (Å²) in [7, 11) is 0. The maximum absolute atomic E-state index is 11.7. The zero-order valence-electron chi connectivity index (χ0n) is 14.7. The number of fused-ring (bicyclic) bond motifs is 1. The average molecular weight is 322 g/mol. The maximum atomic E-state index is 11.7. The fourth-order valence-electron chi connectivity index (χ4n) is 3.34. The van der Waals surface area contributed by atoms with Crippen molar-refractivity contribution in [3.8, 4) is 16.9 Å². The first-order valence-electron chi connectivity index (χ1n) is 9.08. The van der Waals surface area contributed by atoms with E-state index in [0.29, 0.717) is 12.2 Å². The van der Waals surface area contributed by atoms with Crippen LogP contribution in [0.15, 0.2) is 42.5 Å². The van der Waals surface area contributed by atoms with Crippen LogP contribution in [0, 0.1) is 5.92 Å². The van der Waals surface area contributed by atoms with Gasteiger partial charge in [0.1, 0.15) is 5.75 Å². The quantitative estimate of drug-likeness (QED) is 0.531. The minimum Gasteiger partial charge on any atom is -0.427 e. The van der Waals surface area contributed by atoms with Gasteiger partial charge in [-0.25, -0.2) is 0 Å². The van der Waals surface area contributed by atoms with Crippen molar-refractivity contribution in [1.29, 1.82) is 0 Å². The molecule has 1 unspecified atom stereocenters. The van der Waals surface area contributed by atoms with Crippen molar-refractivity contribution in [2.45, 2.75) is 52.4 Å². The molecule has 2 nitrogen and oxygen atoms in total. The van der Waals surface area contributed by atoms with Gasteiger partial charge in [-0.1, -0.05) is 50.6 Å². The number of hydrogen-bond donors (Lipinski definition) is 0. The van der Waals surface area contributed by atoms with Crippen molar-refractivity contribution in [2.75, 3.05) is 0 Å². The Morgan fingerprint density at radius 2 is 1.83 bits per heavy atom. The summed E-state index contributed by atoms with van der Waals surface area (Å²) < 4.78 is 5.37. The third kappa shape index (κ3) is 4.05. The fourth-order valence-corrected chi connectivity index (χ4v) is 3.34. The number of ether oxygens (including phenoxy) is 1. The normalized spacial score (nSPS) is 16.5. The van der Waals surface area contributed by atoms with Gasteiger partial charge in [-0.2, -0.15) is 0 Å². The van der Waals surface area contributed by atoms with E-state index in [-0.39, 0.29) is 5.97 Å². The Morgan fingerprint density at radius 1 is 1.08 bits per heavy atom. The van der Waals surface area contributed by atoms with Crippen molar-refractivity contribution in [3.63, 3.8) is 0 Å². The summed E-state index contributed by atoms with van der Waals surface area (Å²) in [5.74, 6) is 1.28. The molecule has 3 rings (SSSR count). The van der Waals surface area contributed by atoms with Crippen molar-refractivity contribution >= 4 is 5.97 Å². The third-order valence-corrected chi connectivity index (χ3v) is 4.83. The van der Waals surface area contributed by atoms with E-state index in [1.54, 1.807) is 0 Å². The van der Waals surface area contributed by atoms with Crippen LogP contribution in [0.1, 0.15) is 50.7 Å². The summed E-state index contributed by atoms with van der Waals surface area (Å²) in [6, 6.07) is 14.7. The highest BCUT2D eigenvalue weighted by molar-refractivity contribution is 5.73. The van der Waals surface area contributed by atoms with Crippen LogP contribution >= 0.6 is 0 Å². The molecule has 24 heavy (non-hydrogen) atoms. The van der Waals surface area contributed by atoms with Gasteiger partial charge < -0.3 is 4.74 Å². The highest BCUT2D eigenvalue weighted by Crippen LogP contribution is 2.30. The van der Waals surface area contributed by atoms with E-state index in [1.807, 2.05) is 24.3 Å². The van der Waals surface area contributed by atoms with Crippen molar-refractivity contribution in [1.82, 2.24) is 0 Å². The third-order valence-electron chi connectivity index (χ3n) is 4.83. The van der Waals surface area contributed by atoms with Crippen LogP contribution < -0.4 is 4.74 Å². The lowest BCUT2D eigenvalue weighted by Crippen LogP contribution is -2.11. The Labute approximate surface area is 144 Å². The molecule has 1 atom stereocenters. The molecule has 0 aromatic heterocycles. The Bertz CT molecular complexity index is 700. The summed E-state index contributed by atoms with van der Waals surface area (Å²) in [6.45, 7) is 4.40. The molecule has 0 amide bonds. The van der Waals surface area contributed by atoms with Crippen LogP contribution in [0.3, 0.4) is 0 Å². The first-order chi connectivity index (χ1) is 11.7. The summed E-state index contributed by atoms with van der Waals surface area (Å²) >= 11 is 0. The van der Waals surface area contributed by atoms with Crippen LogP contribution in [0.25, 0.3) is 11.1 Å². The monoisotopic (exact) mass is 322 g/mol. The predicted molar refractivity (Wildman–Crippen MR) is 98.2 cm³/mol. The lowest BCUT2D eigenvalue weighted by molar-refractivity contribution is -0.134. The van der Waals surface area contributed by atoms with Gasteiger partial charge in [0.05, 0.1) is 0 Å². The molecule has 2 aromatic rings. The molecule has 0 saturated carbocycles. The second kappa shape index (κ2) is 7.65. The molecule has 0 radical (unpaired) electrons. The molecule has 1 aliphatic rings. The number of benzene rings is 2. The molecule has 1 aliphatic carbocycles. The van der Waals surface area contributed by atoms with Crippen LogP contribution in [0.4, 0.5) is 0 Å². The van der Waals surface area contributed by atoms with Gasteiger partial charge in [-0.3, -0.25) is 4.79 Å². The number of unbranched alkanes of at least 4 members (excludes halogenated alkanes) is 1. The van der Waals surface area contributed by atoms with E-state index < -0.39 is 0 Å². The van der Waals surface area contributed by atoms with Crippen LogP contribution in [-0.2, 0) is 17.6 Å². The summed E-state index contributed by atoms with van der Waals surface area (Å²) in [6.07, 6.45) is 6.03. The van der Waals surface area contributed by atoms with Gasteiger partial charge in [0, 0.05) is 6.42 Å². The van der Waals surface area contributed by atoms with E-state index in [9.17, 15) is 4.79 Å². The van der Waals surface area contributed by atoms with Crippen LogP contribution in [0.2, 0.25) is 0 Å². The number of aryl methyl sites for hydroxylation is 1. The number of carbonyl (C=O) groups excluding carboxylic acids is 1. The first kappa shape index (κ1) is 16.8. The summed E-state index contributed by atoms with van der Waals surface area (Å²) in [5.41, 5.74) is 5.40. The van der Waals surface area contributed by atoms with E-state index >= 15 is 0 Å². The highest BCUT2D eigenvalue weighted by atomic mass is 16.5. The van der Waals surface area contributed by atoms with Gasteiger partial charge >= 0.3 is 5.97 Å². The van der Waals surface area contributed by atoms with E-state index in [2.05, 4.69) is 32.0 Å². The minimum atomic E-state index is -0.146. The Hall–Kier alpha value is -2.09. The number of rotatable bonds is 5. The van der Waals surface area contributed by atoms with Gasteiger partial charge in [-0.05, 0) is 66.0 Å². The van der Waals surface area contributed by atoms with Gasteiger partial charge in [0.2, 0.25) is 0 Å². The predicted octanol–water partition coefficient (Wildman–Crippen LogP) is 5.57. The van der Waals surface area contributed by atoms with Gasteiger partial charge in [-0.15, -0.1) is 0 Å². The molecule has 0 N–H and O–H groups in total. The van der Waals surface area contributed by atoms with Gasteiger partial charge in [0.15, 0.2) is 0 Å². The lowest BCUT2D eigenvalue weighted by atomic mass is 9.83. The molecule has 0 fully saturated rings. The zero-order valence-corrected chi connectivity index (χ0v) is 14.7. The van der Waals surface area contributed by atoms with Crippen molar-refractivity contribution in [3.05, 3.63) is 53.6 Å². The number of hydrogen-bond acceptors (Lipinski definition) is 2. The zero-order chi connectivity index (χ0) is 16.9. The molecular weight excluding hydrogens is 296 g/mol. The maximum Gasteiger partial charge on any atom is 0.311 e. The minimum absolute atomic E-state index is 0.146. The molecule has 0 bridgehead atoms. The Kier molecular flexibility index (Phi) is 5.34. The van der Waals surface area contributed by atoms with Crippen molar-refractivity contribution < 1.29 is 9.53 Å². The molecule has 0 aliphatic heterocycles. The van der Waals surface area contributed by atoms with Crippen LogP contribution in [-0.4, -0.2) is 5.97 Å². The smallest absolute Gasteiger partial charge is 0.311 e. The SMILES string of the molecule is CCCCC(=O)Oc1ccc(-c2ccc3c(c2)CCC(C)C3)cc1. The van der Waals surface area contributed by atoms with E-state index in [1.165, 1.54) is 41.5 Å². The second-order valence-electron chi connectivity index (χ2n) is 6.93. The first-order valence-corrected chi connectivity index (χ1v) is 9.08. The average Bonchev–Trinajstić information content (AvgIpc) is 2.60. The molecule has 2 heteroatoms. The summed E-state index contributed by atoms with van der Waals surface area (Å²) in [5, 5.41) is 0. The van der Waals surface area contributed by atoms with Gasteiger partial charge in [0.25, 0.3) is 0 Å². The molecule has 126 valence electrons. The van der Waals surface area contributed by atoms with Crippen molar-refractivity contribution in [2.24, 2.45) is 5.92 Å². The molecule has 0 heterocycles. The summed E-state index contributed by atoms with van der Waals surface area (Å²) in [4.78, 5) is 11.7. The standard InChI is InChI=1S/C22H26O2/c1-3-4-5-22(23)24-21-12-10-17(11-13-21)19-9-8-18-14-16(2)6-7-20(18)15-19/h8-13,15-16H,3-7,14H2,1-2H3. The Balaban J connectivity index is 1.70. The molecule has 0 spiro atoms. The molecular formula is C22H26O2. The topological polar surface area (TPSA) is 26.3 Å². The van der Waals surface area contributed by atoms with E-state index in [0.717, 1.165) is 18.8 Å². The highest BCUT2D eigenvalue weighted by Gasteiger charge is 2.15. The lowest BCUT2D eigenvalue weighted by Gasteiger charge is -2.22.